The average molecular weight is 442 g/mol. The van der Waals surface area contributed by atoms with Crippen LogP contribution >= 0.6 is 22.9 Å². The number of benzene rings is 1. The number of rotatable bonds is 3. The molecule has 1 amide bonds. The molecule has 4 heterocycles. The van der Waals surface area contributed by atoms with Gasteiger partial charge >= 0.3 is 0 Å². The first kappa shape index (κ1) is 19.1. The third kappa shape index (κ3) is 3.07. The van der Waals surface area contributed by atoms with E-state index in [2.05, 4.69) is 9.88 Å². The van der Waals surface area contributed by atoms with Crippen LogP contribution in [0.4, 0.5) is 5.13 Å². The van der Waals surface area contributed by atoms with Crippen LogP contribution in [0.25, 0.3) is 15.9 Å². The molecule has 1 aromatic carbocycles. The number of piperazine rings is 1. The molecule has 0 unspecified atom stereocenters. The number of methoxy groups -OCH3 is 1. The first-order valence-corrected chi connectivity index (χ1v) is 10.9. The lowest BCUT2D eigenvalue weighted by molar-refractivity contribution is 0.0739. The molecule has 0 bridgehead atoms. The van der Waals surface area contributed by atoms with E-state index in [0.717, 1.165) is 26.7 Å². The molecular weight excluding hydrogens is 422 g/mol. The number of pyridine rings is 1. The Bertz CT molecular complexity index is 1260. The lowest BCUT2D eigenvalue weighted by atomic mass is 10.2. The van der Waals surface area contributed by atoms with E-state index in [1.54, 1.807) is 18.4 Å². The SMILES string of the molecule is COc1ccc(Cl)c2sc(N3CCN(C(=O)c4c(C)nc5ccccn45)CC3)nc12. The minimum Gasteiger partial charge on any atom is -0.494 e. The minimum atomic E-state index is 0.0138. The van der Waals surface area contributed by atoms with Gasteiger partial charge in [0.05, 0.1) is 22.5 Å². The molecule has 3 aromatic heterocycles. The van der Waals surface area contributed by atoms with Crippen LogP contribution in [0, 0.1) is 6.92 Å². The predicted octanol–water partition coefficient (Wildman–Crippen LogP) is 3.88. The lowest BCUT2D eigenvalue weighted by Gasteiger charge is -2.34. The maximum atomic E-state index is 13.2. The number of carbonyl (C=O) groups is 1. The standard InChI is InChI=1S/C21H20ClN5O2S/c1-13-18(27-8-4-3-5-16(27)23-13)20(28)25-9-11-26(12-10-25)21-24-17-15(29-2)7-6-14(22)19(17)30-21/h3-8H,9-12H2,1-2H3. The van der Waals surface area contributed by atoms with E-state index in [-0.39, 0.29) is 5.91 Å². The number of fused-ring (bicyclic) bond motifs is 2. The van der Waals surface area contributed by atoms with Gasteiger partial charge in [-0.05, 0) is 31.2 Å². The van der Waals surface area contributed by atoms with Crippen molar-refractivity contribution in [2.45, 2.75) is 6.92 Å². The molecule has 30 heavy (non-hydrogen) atoms. The summed E-state index contributed by atoms with van der Waals surface area (Å²) >= 11 is 7.91. The maximum absolute atomic E-state index is 13.2. The summed E-state index contributed by atoms with van der Waals surface area (Å²) in [6, 6.07) is 9.42. The highest BCUT2D eigenvalue weighted by Gasteiger charge is 2.27. The molecule has 0 N–H and O–H groups in total. The topological polar surface area (TPSA) is 63.0 Å². The van der Waals surface area contributed by atoms with E-state index >= 15 is 0 Å². The highest BCUT2D eigenvalue weighted by molar-refractivity contribution is 7.22. The van der Waals surface area contributed by atoms with Gasteiger partial charge in [0.1, 0.15) is 22.6 Å². The van der Waals surface area contributed by atoms with E-state index in [4.69, 9.17) is 21.3 Å². The monoisotopic (exact) mass is 441 g/mol. The molecule has 0 aliphatic carbocycles. The fourth-order valence-corrected chi connectivity index (χ4v) is 5.17. The quantitative estimate of drug-likeness (QED) is 0.483. The summed E-state index contributed by atoms with van der Waals surface area (Å²) in [5.74, 6) is 0.730. The van der Waals surface area contributed by atoms with Crippen molar-refractivity contribution >= 4 is 49.8 Å². The number of halogens is 1. The van der Waals surface area contributed by atoms with Crippen LogP contribution in [-0.2, 0) is 0 Å². The third-order valence-electron chi connectivity index (χ3n) is 5.41. The van der Waals surface area contributed by atoms with Crippen molar-refractivity contribution < 1.29 is 9.53 Å². The Kier molecular flexibility index (Phi) is 4.75. The summed E-state index contributed by atoms with van der Waals surface area (Å²) in [6.07, 6.45) is 1.89. The fourth-order valence-electron chi connectivity index (χ4n) is 3.86. The van der Waals surface area contributed by atoms with Gasteiger partial charge in [-0.25, -0.2) is 9.97 Å². The zero-order chi connectivity index (χ0) is 20.8. The van der Waals surface area contributed by atoms with Gasteiger partial charge < -0.3 is 14.5 Å². The van der Waals surface area contributed by atoms with Crippen LogP contribution in [0.3, 0.4) is 0 Å². The smallest absolute Gasteiger partial charge is 0.272 e. The van der Waals surface area contributed by atoms with E-state index in [9.17, 15) is 4.79 Å². The molecule has 5 rings (SSSR count). The van der Waals surface area contributed by atoms with Crippen LogP contribution in [0.15, 0.2) is 36.5 Å². The predicted molar refractivity (Wildman–Crippen MR) is 119 cm³/mol. The number of nitrogens with zero attached hydrogens (tertiary/aromatic N) is 5. The molecule has 7 nitrogen and oxygen atoms in total. The highest BCUT2D eigenvalue weighted by atomic mass is 35.5. The largest absolute Gasteiger partial charge is 0.494 e. The molecule has 0 atom stereocenters. The second-order valence-electron chi connectivity index (χ2n) is 7.18. The number of anilines is 1. The number of imidazole rings is 1. The Morgan fingerprint density at radius 2 is 1.93 bits per heavy atom. The number of hydrogen-bond donors (Lipinski definition) is 0. The minimum absolute atomic E-state index is 0.0138. The first-order chi connectivity index (χ1) is 14.6. The van der Waals surface area contributed by atoms with Crippen molar-refractivity contribution in [1.29, 1.82) is 0 Å². The van der Waals surface area contributed by atoms with E-state index in [1.807, 2.05) is 52.8 Å². The van der Waals surface area contributed by atoms with Crippen LogP contribution in [0.1, 0.15) is 16.2 Å². The number of aromatic nitrogens is 3. The molecule has 9 heteroatoms. The van der Waals surface area contributed by atoms with Gasteiger partial charge in [0.15, 0.2) is 5.13 Å². The molecule has 154 valence electrons. The van der Waals surface area contributed by atoms with Crippen LogP contribution in [0.2, 0.25) is 5.02 Å². The molecule has 1 aliphatic rings. The number of hydrogen-bond acceptors (Lipinski definition) is 6. The summed E-state index contributed by atoms with van der Waals surface area (Å²) in [6.45, 7) is 4.55. The Morgan fingerprint density at radius 1 is 1.13 bits per heavy atom. The van der Waals surface area contributed by atoms with Crippen LogP contribution in [-0.4, -0.2) is 58.5 Å². The van der Waals surface area contributed by atoms with Crippen LogP contribution < -0.4 is 9.64 Å². The molecule has 0 saturated carbocycles. The van der Waals surface area contributed by atoms with Gasteiger partial charge in [0.2, 0.25) is 0 Å². The number of carbonyl (C=O) groups excluding carboxylic acids is 1. The van der Waals surface area contributed by atoms with Crippen molar-refractivity contribution in [3.05, 3.63) is 52.9 Å². The van der Waals surface area contributed by atoms with Crippen LogP contribution in [0.5, 0.6) is 5.75 Å². The molecule has 0 spiro atoms. The molecule has 1 aliphatic heterocycles. The van der Waals surface area contributed by atoms with Crippen molar-refractivity contribution in [3.8, 4) is 5.75 Å². The lowest BCUT2D eigenvalue weighted by Crippen LogP contribution is -2.49. The Labute approximate surface area is 182 Å². The van der Waals surface area contributed by atoms with E-state index in [0.29, 0.717) is 42.6 Å². The maximum Gasteiger partial charge on any atom is 0.272 e. The van der Waals surface area contributed by atoms with Crippen molar-refractivity contribution in [3.63, 3.8) is 0 Å². The second-order valence-corrected chi connectivity index (χ2v) is 8.56. The molecule has 1 fully saturated rings. The molecule has 4 aromatic rings. The zero-order valence-corrected chi connectivity index (χ0v) is 18.2. The molecule has 1 saturated heterocycles. The summed E-state index contributed by atoms with van der Waals surface area (Å²) in [5, 5.41) is 1.57. The van der Waals surface area contributed by atoms with Gasteiger partial charge in [0, 0.05) is 32.4 Å². The zero-order valence-electron chi connectivity index (χ0n) is 16.6. The summed E-state index contributed by atoms with van der Waals surface area (Å²) < 4.78 is 8.21. The second kappa shape index (κ2) is 7.45. The van der Waals surface area contributed by atoms with Crippen molar-refractivity contribution in [2.75, 3.05) is 38.2 Å². The van der Waals surface area contributed by atoms with Gasteiger partial charge in [-0.15, -0.1) is 0 Å². The number of amides is 1. The van der Waals surface area contributed by atoms with E-state index < -0.39 is 0 Å². The third-order valence-corrected chi connectivity index (χ3v) is 6.99. The van der Waals surface area contributed by atoms with Gasteiger partial charge in [-0.1, -0.05) is 29.0 Å². The van der Waals surface area contributed by atoms with Gasteiger partial charge in [0.25, 0.3) is 5.91 Å². The van der Waals surface area contributed by atoms with Crippen molar-refractivity contribution in [1.82, 2.24) is 19.3 Å². The number of ether oxygens (including phenoxy) is 1. The average Bonchev–Trinajstić information content (AvgIpc) is 3.35. The first-order valence-electron chi connectivity index (χ1n) is 9.68. The molecular formula is C21H20ClN5O2S. The highest BCUT2D eigenvalue weighted by Crippen LogP contribution is 2.38. The Hall–Kier alpha value is -2.84. The Morgan fingerprint density at radius 3 is 2.70 bits per heavy atom. The summed E-state index contributed by atoms with van der Waals surface area (Å²) in [5.41, 5.74) is 2.96. The van der Waals surface area contributed by atoms with Gasteiger partial charge in [-0.2, -0.15) is 0 Å². The summed E-state index contributed by atoms with van der Waals surface area (Å²) in [7, 11) is 1.63. The Balaban J connectivity index is 1.36. The molecule has 0 radical (unpaired) electrons. The normalized spacial score (nSPS) is 14.6. The van der Waals surface area contributed by atoms with E-state index in [1.165, 1.54) is 0 Å². The fraction of sp³-hybridized carbons (Fsp3) is 0.286. The number of aryl methyl sites for hydroxylation is 1. The number of thiazole rings is 1. The van der Waals surface area contributed by atoms with Crippen molar-refractivity contribution in [2.24, 2.45) is 0 Å². The summed E-state index contributed by atoms with van der Waals surface area (Å²) in [4.78, 5) is 26.6. The van der Waals surface area contributed by atoms with Gasteiger partial charge in [-0.3, -0.25) is 9.20 Å².